The molecule has 0 aliphatic rings. The maximum absolute atomic E-state index is 12.4. The van der Waals surface area contributed by atoms with Crippen LogP contribution in [0.3, 0.4) is 0 Å². The number of pyridine rings is 1. The Balaban J connectivity index is 1.73. The fourth-order valence-corrected chi connectivity index (χ4v) is 4.19. The first-order valence-electron chi connectivity index (χ1n) is 9.58. The molecular formula is C23H26N2O2S. The van der Waals surface area contributed by atoms with Gasteiger partial charge in [-0.25, -0.2) is 0 Å². The molecule has 3 rings (SSSR count). The topological polar surface area (TPSA) is 62.0 Å². The van der Waals surface area contributed by atoms with E-state index in [0.717, 1.165) is 27.6 Å². The Kier molecular flexibility index (Phi) is 6.25. The van der Waals surface area contributed by atoms with Gasteiger partial charge in [0.05, 0.1) is 11.9 Å². The maximum atomic E-state index is 12.4. The van der Waals surface area contributed by atoms with Crippen molar-refractivity contribution in [1.29, 1.82) is 0 Å². The van der Waals surface area contributed by atoms with E-state index in [0.29, 0.717) is 23.8 Å². The van der Waals surface area contributed by atoms with Crippen molar-refractivity contribution in [3.63, 3.8) is 0 Å². The highest BCUT2D eigenvalue weighted by molar-refractivity contribution is 7.99. The largest absolute Gasteiger partial charge is 0.326 e. The molecule has 0 spiro atoms. The van der Waals surface area contributed by atoms with Crippen LogP contribution in [0.5, 0.6) is 0 Å². The quantitative estimate of drug-likeness (QED) is 0.573. The molecule has 2 N–H and O–H groups in total. The molecule has 146 valence electrons. The minimum Gasteiger partial charge on any atom is -0.326 e. The van der Waals surface area contributed by atoms with E-state index in [1.807, 2.05) is 44.2 Å². The van der Waals surface area contributed by atoms with Gasteiger partial charge in [-0.2, -0.15) is 0 Å². The maximum Gasteiger partial charge on any atom is 0.251 e. The number of carbonyl (C=O) groups excluding carboxylic acids is 1. The molecule has 4 nitrogen and oxygen atoms in total. The van der Waals surface area contributed by atoms with Crippen molar-refractivity contribution in [2.24, 2.45) is 0 Å². The van der Waals surface area contributed by atoms with Crippen molar-refractivity contribution in [2.75, 3.05) is 5.32 Å². The predicted octanol–water partition coefficient (Wildman–Crippen LogP) is 5.08. The van der Waals surface area contributed by atoms with Crippen LogP contribution in [-0.4, -0.2) is 16.1 Å². The van der Waals surface area contributed by atoms with Gasteiger partial charge in [-0.1, -0.05) is 39.0 Å². The third-order valence-electron chi connectivity index (χ3n) is 4.70. The summed E-state index contributed by atoms with van der Waals surface area (Å²) in [6.07, 6.45) is 1.01. The zero-order valence-electron chi connectivity index (χ0n) is 16.8. The molecule has 1 amide bonds. The van der Waals surface area contributed by atoms with E-state index in [1.165, 1.54) is 4.90 Å². The summed E-state index contributed by atoms with van der Waals surface area (Å²) in [5.41, 5.74) is 4.15. The number of aromatic nitrogens is 1. The minimum atomic E-state index is -0.0761. The van der Waals surface area contributed by atoms with E-state index < -0.39 is 0 Å². The van der Waals surface area contributed by atoms with Crippen LogP contribution in [0, 0.1) is 6.92 Å². The number of carbonyl (C=O) groups is 1. The second-order valence-corrected chi connectivity index (χ2v) is 8.86. The Bertz CT molecular complexity index is 1050. The zero-order chi connectivity index (χ0) is 20.3. The number of anilines is 1. The molecule has 5 heteroatoms. The monoisotopic (exact) mass is 394 g/mol. The number of fused-ring (bicyclic) bond motifs is 1. The highest BCUT2D eigenvalue weighted by Gasteiger charge is 2.10. The number of H-pyrrole nitrogens is 1. The van der Waals surface area contributed by atoms with Gasteiger partial charge in [0.1, 0.15) is 0 Å². The first-order chi connectivity index (χ1) is 13.4. The number of benzene rings is 2. The second-order valence-electron chi connectivity index (χ2n) is 7.21. The summed E-state index contributed by atoms with van der Waals surface area (Å²) in [7, 11) is 0. The third-order valence-corrected chi connectivity index (χ3v) is 5.71. The summed E-state index contributed by atoms with van der Waals surface area (Å²) >= 11 is 1.80. The lowest BCUT2D eigenvalue weighted by Crippen LogP contribution is -2.16. The molecule has 3 aromatic rings. The van der Waals surface area contributed by atoms with Gasteiger partial charge in [0.25, 0.3) is 5.56 Å². The third kappa shape index (κ3) is 4.65. The fraction of sp³-hybridized carbons (Fsp3) is 0.304. The molecule has 0 saturated heterocycles. The summed E-state index contributed by atoms with van der Waals surface area (Å²) in [5.74, 6) is -0.0761. The molecule has 0 radical (unpaired) electrons. The predicted molar refractivity (Wildman–Crippen MR) is 118 cm³/mol. The molecule has 28 heavy (non-hydrogen) atoms. The van der Waals surface area contributed by atoms with Gasteiger partial charge in [0.2, 0.25) is 5.91 Å². The van der Waals surface area contributed by atoms with Gasteiger partial charge < -0.3 is 10.3 Å². The molecule has 0 saturated carbocycles. The molecule has 2 aromatic carbocycles. The molecule has 0 fully saturated rings. The molecule has 0 bridgehead atoms. The average molecular weight is 395 g/mol. The number of hydrogen-bond acceptors (Lipinski definition) is 3. The van der Waals surface area contributed by atoms with Crippen molar-refractivity contribution in [3.8, 4) is 0 Å². The number of hydrogen-bond donors (Lipinski definition) is 2. The van der Waals surface area contributed by atoms with Crippen LogP contribution in [0.4, 0.5) is 5.69 Å². The van der Waals surface area contributed by atoms with Crippen molar-refractivity contribution in [3.05, 3.63) is 69.5 Å². The van der Waals surface area contributed by atoms with Crippen molar-refractivity contribution in [1.82, 2.24) is 4.98 Å². The van der Waals surface area contributed by atoms with E-state index in [1.54, 1.807) is 11.8 Å². The lowest BCUT2D eigenvalue weighted by atomic mass is 10.0. The van der Waals surface area contributed by atoms with Crippen LogP contribution in [-0.2, 0) is 17.6 Å². The normalized spacial score (nSPS) is 11.2. The number of thioether (sulfide) groups is 1. The summed E-state index contributed by atoms with van der Waals surface area (Å²) in [4.78, 5) is 28.8. The van der Waals surface area contributed by atoms with Gasteiger partial charge in [-0.3, -0.25) is 9.59 Å². The Morgan fingerprint density at radius 3 is 2.50 bits per heavy atom. The van der Waals surface area contributed by atoms with Gasteiger partial charge >= 0.3 is 0 Å². The van der Waals surface area contributed by atoms with Gasteiger partial charge in [-0.15, -0.1) is 11.8 Å². The minimum absolute atomic E-state index is 0.0599. The molecule has 1 aromatic heterocycles. The lowest BCUT2D eigenvalue weighted by molar-refractivity contribution is -0.115. The number of amides is 1. The van der Waals surface area contributed by atoms with E-state index in [2.05, 4.69) is 36.3 Å². The first kappa shape index (κ1) is 20.2. The molecule has 0 unspecified atom stereocenters. The molecule has 1 heterocycles. The highest BCUT2D eigenvalue weighted by atomic mass is 32.2. The lowest BCUT2D eigenvalue weighted by Gasteiger charge is -2.10. The summed E-state index contributed by atoms with van der Waals surface area (Å²) in [6.45, 7) is 8.27. The molecule has 0 aliphatic heterocycles. The fourth-order valence-electron chi connectivity index (χ4n) is 3.36. The first-order valence-corrected chi connectivity index (χ1v) is 10.5. The summed E-state index contributed by atoms with van der Waals surface area (Å²) < 4.78 is 0. The van der Waals surface area contributed by atoms with Crippen LogP contribution in [0.1, 0.15) is 37.5 Å². The van der Waals surface area contributed by atoms with Crippen LogP contribution >= 0.6 is 11.8 Å². The number of aryl methyl sites for hydroxylation is 1. The highest BCUT2D eigenvalue weighted by Crippen LogP contribution is 2.24. The van der Waals surface area contributed by atoms with Crippen molar-refractivity contribution in [2.45, 2.75) is 50.7 Å². The van der Waals surface area contributed by atoms with E-state index >= 15 is 0 Å². The van der Waals surface area contributed by atoms with Crippen LogP contribution < -0.4 is 10.9 Å². The van der Waals surface area contributed by atoms with Crippen LogP contribution in [0.15, 0.2) is 52.2 Å². The Morgan fingerprint density at radius 1 is 1.14 bits per heavy atom. The molecule has 0 aliphatic carbocycles. The van der Waals surface area contributed by atoms with Gasteiger partial charge in [0.15, 0.2) is 0 Å². The Labute approximate surface area is 169 Å². The Hall–Kier alpha value is -2.53. The van der Waals surface area contributed by atoms with Gasteiger partial charge in [-0.05, 0) is 48.7 Å². The van der Waals surface area contributed by atoms with Crippen LogP contribution in [0.25, 0.3) is 10.9 Å². The molecule has 0 atom stereocenters. The average Bonchev–Trinajstić information content (AvgIpc) is 2.63. The zero-order valence-corrected chi connectivity index (χ0v) is 17.6. The Morgan fingerprint density at radius 2 is 1.86 bits per heavy atom. The van der Waals surface area contributed by atoms with Crippen LogP contribution in [0.2, 0.25) is 0 Å². The smallest absolute Gasteiger partial charge is 0.251 e. The SMILES string of the molecule is CCc1c(C)c2ccc(NC(=O)Cc3ccc(SC(C)C)cc3)cc2[nH]c1=O. The van der Waals surface area contributed by atoms with E-state index in [9.17, 15) is 9.59 Å². The van der Waals surface area contributed by atoms with Gasteiger partial charge in [0, 0.05) is 26.8 Å². The van der Waals surface area contributed by atoms with E-state index in [4.69, 9.17) is 0 Å². The van der Waals surface area contributed by atoms with Crippen molar-refractivity contribution >= 4 is 34.3 Å². The second kappa shape index (κ2) is 8.65. The number of nitrogens with one attached hydrogen (secondary N) is 2. The molecular weight excluding hydrogens is 368 g/mol. The summed E-state index contributed by atoms with van der Waals surface area (Å²) in [5, 5.41) is 4.47. The summed E-state index contributed by atoms with van der Waals surface area (Å²) in [6, 6.07) is 13.8. The number of aromatic amines is 1. The van der Waals surface area contributed by atoms with E-state index in [-0.39, 0.29) is 11.5 Å². The van der Waals surface area contributed by atoms with Crippen molar-refractivity contribution < 1.29 is 4.79 Å². The standard InChI is InChI=1S/C23H26N2O2S/c1-5-19-15(4)20-11-8-17(13-21(20)25-23(19)27)24-22(26)12-16-6-9-18(10-7-16)28-14(2)3/h6-11,13-14H,5,12H2,1-4H3,(H,24,26)(H,25,27). The number of rotatable bonds is 6.